The van der Waals surface area contributed by atoms with Gasteiger partial charge < -0.3 is 4.90 Å². The van der Waals surface area contributed by atoms with Crippen molar-refractivity contribution in [3.8, 4) is 22.4 Å². The molecule has 0 atom stereocenters. The fourth-order valence-corrected chi connectivity index (χ4v) is 3.36. The number of hydrogen-bond donors (Lipinski definition) is 0. The van der Waals surface area contributed by atoms with Crippen LogP contribution in [0.25, 0.3) is 22.4 Å². The van der Waals surface area contributed by atoms with E-state index in [1.165, 1.54) is 11.1 Å². The highest BCUT2D eigenvalue weighted by molar-refractivity contribution is 5.85. The number of anilines is 1. The van der Waals surface area contributed by atoms with Crippen molar-refractivity contribution in [3.05, 3.63) is 70.5 Å². The van der Waals surface area contributed by atoms with Crippen LogP contribution in [0.3, 0.4) is 0 Å². The fraction of sp³-hybridized carbons (Fsp3) is 0.304. The zero-order valence-corrected chi connectivity index (χ0v) is 18.0. The van der Waals surface area contributed by atoms with Gasteiger partial charge in [-0.05, 0) is 24.0 Å². The van der Waals surface area contributed by atoms with Gasteiger partial charge in [0.25, 0.3) is 5.56 Å². The third-order valence-electron chi connectivity index (χ3n) is 4.62. The van der Waals surface area contributed by atoms with Crippen molar-refractivity contribution in [3.63, 3.8) is 0 Å². The lowest BCUT2D eigenvalue weighted by molar-refractivity contribution is 0.465. The molecule has 0 fully saturated rings. The molecule has 0 aliphatic carbocycles. The molecule has 28 heavy (non-hydrogen) atoms. The lowest BCUT2D eigenvalue weighted by atomic mass is 10.0. The summed E-state index contributed by atoms with van der Waals surface area (Å²) in [6, 6.07) is 18.7. The smallest absolute Gasteiger partial charge is 0.290 e. The topological polar surface area (TPSA) is 38.1 Å². The minimum atomic E-state index is -0.0316. The molecule has 0 radical (unpaired) electrons. The molecule has 0 saturated carbocycles. The minimum Gasteiger partial charge on any atom is -0.373 e. The Morgan fingerprint density at radius 3 is 2.00 bits per heavy atom. The van der Waals surface area contributed by atoms with Crippen molar-refractivity contribution in [2.45, 2.75) is 27.3 Å². The largest absolute Gasteiger partial charge is 0.373 e. The quantitative estimate of drug-likeness (QED) is 0.606. The predicted molar refractivity (Wildman–Crippen MR) is 121 cm³/mol. The van der Waals surface area contributed by atoms with E-state index in [2.05, 4.69) is 50.2 Å². The van der Waals surface area contributed by atoms with Crippen LogP contribution in [0.5, 0.6) is 0 Å². The van der Waals surface area contributed by atoms with Gasteiger partial charge in [0, 0.05) is 31.8 Å². The summed E-state index contributed by atoms with van der Waals surface area (Å²) < 4.78 is 1.60. The van der Waals surface area contributed by atoms with Crippen LogP contribution in [0, 0.1) is 12.8 Å². The molecule has 0 saturated heterocycles. The third kappa shape index (κ3) is 4.45. The number of aromatic nitrogens is 2. The van der Waals surface area contributed by atoms with Crippen molar-refractivity contribution in [1.29, 1.82) is 0 Å². The Morgan fingerprint density at radius 2 is 1.46 bits per heavy atom. The van der Waals surface area contributed by atoms with E-state index in [9.17, 15) is 4.79 Å². The van der Waals surface area contributed by atoms with Crippen molar-refractivity contribution in [1.82, 2.24) is 9.78 Å². The van der Waals surface area contributed by atoms with E-state index in [0.29, 0.717) is 18.2 Å². The highest BCUT2D eigenvalue weighted by Gasteiger charge is 2.17. The van der Waals surface area contributed by atoms with Gasteiger partial charge in [-0.25, -0.2) is 4.68 Å². The van der Waals surface area contributed by atoms with Gasteiger partial charge in [-0.3, -0.25) is 4.79 Å². The second kappa shape index (κ2) is 9.07. The summed E-state index contributed by atoms with van der Waals surface area (Å²) >= 11 is 0. The number of hydrogen-bond acceptors (Lipinski definition) is 3. The second-order valence-corrected chi connectivity index (χ2v) is 7.54. The van der Waals surface area contributed by atoms with Gasteiger partial charge in [0.2, 0.25) is 0 Å². The molecule has 5 heteroatoms. The number of nitrogens with zero attached hydrogens (tertiary/aromatic N) is 3. The Balaban J connectivity index is 0.00000280. The molecule has 0 spiro atoms. The van der Waals surface area contributed by atoms with Crippen molar-refractivity contribution in [2.24, 2.45) is 5.92 Å². The van der Waals surface area contributed by atoms with Crippen molar-refractivity contribution >= 4 is 18.1 Å². The molecule has 1 aromatic heterocycles. The summed E-state index contributed by atoms with van der Waals surface area (Å²) in [7, 11) is 3.82. The average Bonchev–Trinajstić information content (AvgIpc) is 2.64. The Bertz CT molecular complexity index is 977. The molecule has 0 bridgehead atoms. The van der Waals surface area contributed by atoms with E-state index < -0.39 is 0 Å². The van der Waals surface area contributed by atoms with Gasteiger partial charge in [0.15, 0.2) is 0 Å². The molecular formula is C23H28ClN3O. The summed E-state index contributed by atoms with van der Waals surface area (Å²) in [5.74, 6) is 0.348. The van der Waals surface area contributed by atoms with Gasteiger partial charge in [0.05, 0.1) is 5.69 Å². The highest BCUT2D eigenvalue weighted by atomic mass is 35.5. The summed E-state index contributed by atoms with van der Waals surface area (Å²) in [4.78, 5) is 14.7. The maximum atomic E-state index is 12.8. The second-order valence-electron chi connectivity index (χ2n) is 7.54. The summed E-state index contributed by atoms with van der Waals surface area (Å²) in [6.07, 6.45) is 0. The molecule has 3 rings (SSSR count). The van der Waals surface area contributed by atoms with Gasteiger partial charge in [-0.15, -0.1) is 12.4 Å². The van der Waals surface area contributed by atoms with Crippen LogP contribution < -0.4 is 10.5 Å². The summed E-state index contributed by atoms with van der Waals surface area (Å²) in [6.45, 7) is 6.77. The lowest BCUT2D eigenvalue weighted by Gasteiger charge is -2.20. The molecule has 0 aliphatic rings. The average molecular weight is 398 g/mol. The Morgan fingerprint density at radius 1 is 0.929 bits per heavy atom. The molecular weight excluding hydrogens is 370 g/mol. The van der Waals surface area contributed by atoms with E-state index in [4.69, 9.17) is 5.10 Å². The maximum absolute atomic E-state index is 12.8. The summed E-state index contributed by atoms with van der Waals surface area (Å²) in [5.41, 5.74) is 5.82. The van der Waals surface area contributed by atoms with Crippen LogP contribution in [-0.2, 0) is 6.54 Å². The van der Waals surface area contributed by atoms with Crippen molar-refractivity contribution < 1.29 is 0 Å². The zero-order chi connectivity index (χ0) is 19.6. The highest BCUT2D eigenvalue weighted by Crippen LogP contribution is 2.28. The minimum absolute atomic E-state index is 0. The molecule has 3 aromatic rings. The van der Waals surface area contributed by atoms with Crippen LogP contribution in [-0.4, -0.2) is 23.9 Å². The van der Waals surface area contributed by atoms with E-state index in [1.54, 1.807) is 4.68 Å². The van der Waals surface area contributed by atoms with Gasteiger partial charge in [0.1, 0.15) is 5.69 Å². The van der Waals surface area contributed by atoms with Crippen LogP contribution in [0.1, 0.15) is 19.4 Å². The first-order valence-corrected chi connectivity index (χ1v) is 9.33. The van der Waals surface area contributed by atoms with Gasteiger partial charge >= 0.3 is 0 Å². The van der Waals surface area contributed by atoms with Gasteiger partial charge in [-0.2, -0.15) is 5.10 Å². The third-order valence-corrected chi connectivity index (χ3v) is 4.62. The number of benzene rings is 2. The van der Waals surface area contributed by atoms with E-state index in [-0.39, 0.29) is 18.0 Å². The molecule has 1 heterocycles. The first kappa shape index (κ1) is 21.7. The van der Waals surface area contributed by atoms with Crippen LogP contribution in [0.2, 0.25) is 0 Å². The standard InChI is InChI=1S/C23H27N3O.ClH/c1-16(2)15-26-23(27)22(25(4)5)17(3)21(24-26)20-13-11-19(12-14-20)18-9-7-6-8-10-18;/h6-14,16H,15H2,1-5H3;1H. The molecule has 0 unspecified atom stereocenters. The lowest BCUT2D eigenvalue weighted by Crippen LogP contribution is -2.32. The predicted octanol–water partition coefficient (Wildman–Crippen LogP) is 5.03. The van der Waals surface area contributed by atoms with Gasteiger partial charge in [-0.1, -0.05) is 68.4 Å². The first-order valence-electron chi connectivity index (χ1n) is 9.33. The number of halogens is 1. The number of rotatable bonds is 5. The Labute approximate surface area is 173 Å². The SMILES string of the molecule is Cc1c(-c2ccc(-c3ccccc3)cc2)nn(CC(C)C)c(=O)c1N(C)C.Cl. The normalized spacial score (nSPS) is 10.6. The summed E-state index contributed by atoms with van der Waals surface area (Å²) in [5, 5.41) is 4.71. The Hall–Kier alpha value is -2.59. The Kier molecular flexibility index (Phi) is 7.03. The maximum Gasteiger partial charge on any atom is 0.290 e. The monoisotopic (exact) mass is 397 g/mol. The fourth-order valence-electron chi connectivity index (χ4n) is 3.36. The van der Waals surface area contributed by atoms with Crippen LogP contribution >= 0.6 is 12.4 Å². The zero-order valence-electron chi connectivity index (χ0n) is 17.1. The first-order chi connectivity index (χ1) is 12.9. The van der Waals surface area contributed by atoms with E-state index in [1.807, 2.05) is 44.1 Å². The molecule has 2 aromatic carbocycles. The van der Waals surface area contributed by atoms with Crippen LogP contribution in [0.15, 0.2) is 59.4 Å². The van der Waals surface area contributed by atoms with Crippen molar-refractivity contribution in [2.75, 3.05) is 19.0 Å². The molecule has 148 valence electrons. The molecule has 0 aliphatic heterocycles. The van der Waals surface area contributed by atoms with E-state index in [0.717, 1.165) is 16.8 Å². The molecule has 0 amide bonds. The van der Waals surface area contributed by atoms with Crippen LogP contribution in [0.4, 0.5) is 5.69 Å². The molecule has 0 N–H and O–H groups in total. The van der Waals surface area contributed by atoms with E-state index >= 15 is 0 Å². The molecule has 4 nitrogen and oxygen atoms in total.